The van der Waals surface area contributed by atoms with E-state index >= 15 is 0 Å². The topological polar surface area (TPSA) is 18.5 Å². The highest BCUT2D eigenvalue weighted by Crippen LogP contribution is 2.49. The van der Waals surface area contributed by atoms with Crippen molar-refractivity contribution in [3.8, 4) is 0 Å². The second-order valence-electron chi connectivity index (χ2n) is 4.68. The molecule has 2 rings (SSSR count). The molecule has 0 radical (unpaired) electrons. The lowest BCUT2D eigenvalue weighted by Crippen LogP contribution is -2.60. The number of hydrogen-bond acceptors (Lipinski definition) is 3. The van der Waals surface area contributed by atoms with Crippen LogP contribution in [0.2, 0.25) is 0 Å². The summed E-state index contributed by atoms with van der Waals surface area (Å²) in [4.78, 5) is 0. The predicted octanol–water partition coefficient (Wildman–Crippen LogP) is 2.86. The predicted molar refractivity (Wildman–Crippen MR) is 64.5 cm³/mol. The lowest BCUT2D eigenvalue weighted by molar-refractivity contribution is -0.241. The lowest BCUT2D eigenvalue weighted by atomic mass is 9.78. The zero-order valence-corrected chi connectivity index (χ0v) is 10.7. The number of thioether (sulfide) groups is 1. The fourth-order valence-corrected chi connectivity index (χ4v) is 4.76. The van der Waals surface area contributed by atoms with Gasteiger partial charge in [0.25, 0.3) is 0 Å². The van der Waals surface area contributed by atoms with E-state index in [1.165, 1.54) is 12.8 Å². The quantitative estimate of drug-likeness (QED) is 0.740. The average Bonchev–Trinajstić information content (AvgIpc) is 2.58. The molecule has 2 heterocycles. The van der Waals surface area contributed by atoms with Crippen molar-refractivity contribution in [1.82, 2.24) is 0 Å². The zero-order chi connectivity index (χ0) is 10.8. The maximum absolute atomic E-state index is 6.14. The molecule has 0 spiro atoms. The molecule has 0 bridgehead atoms. The molecule has 0 saturated carbocycles. The van der Waals surface area contributed by atoms with Gasteiger partial charge in [0.2, 0.25) is 0 Å². The smallest absolute Gasteiger partial charge is 0.107 e. The van der Waals surface area contributed by atoms with Crippen LogP contribution in [0, 0.1) is 0 Å². The summed E-state index contributed by atoms with van der Waals surface area (Å²) >= 11 is 2.01. The molecular weight excluding hydrogens is 208 g/mol. The minimum atomic E-state index is 0.0284. The van der Waals surface area contributed by atoms with Gasteiger partial charge in [0.15, 0.2) is 0 Å². The molecule has 2 unspecified atom stereocenters. The number of ether oxygens (including phenoxy) is 2. The molecule has 0 aliphatic carbocycles. The molecule has 0 aromatic carbocycles. The maximum atomic E-state index is 6.14. The van der Waals surface area contributed by atoms with E-state index in [1.807, 2.05) is 11.8 Å². The lowest BCUT2D eigenvalue weighted by Gasteiger charge is -2.48. The second-order valence-corrected chi connectivity index (χ2v) is 5.66. The van der Waals surface area contributed by atoms with Crippen molar-refractivity contribution >= 4 is 11.8 Å². The van der Waals surface area contributed by atoms with Crippen molar-refractivity contribution in [3.63, 3.8) is 0 Å². The van der Waals surface area contributed by atoms with Gasteiger partial charge < -0.3 is 9.47 Å². The Balaban J connectivity index is 2.21. The van der Waals surface area contributed by atoms with Crippen molar-refractivity contribution in [3.05, 3.63) is 0 Å². The highest BCUT2D eigenvalue weighted by atomic mass is 32.2. The summed E-state index contributed by atoms with van der Waals surface area (Å²) in [6.07, 6.45) is 4.69. The van der Waals surface area contributed by atoms with Gasteiger partial charge in [-0.05, 0) is 12.8 Å². The monoisotopic (exact) mass is 230 g/mol. The third-order valence-electron chi connectivity index (χ3n) is 3.65. The highest BCUT2D eigenvalue weighted by Gasteiger charge is 2.58. The summed E-state index contributed by atoms with van der Waals surface area (Å²) in [6.45, 7) is 6.05. The molecule has 2 fully saturated rings. The number of hydrogen-bond donors (Lipinski definition) is 0. The van der Waals surface area contributed by atoms with E-state index in [9.17, 15) is 0 Å². The third-order valence-corrected chi connectivity index (χ3v) is 4.99. The minimum absolute atomic E-state index is 0.0284. The molecule has 2 aliphatic heterocycles. The SMILES string of the molecule is CCCC12CSCC1(CCC)OCCO2. The first-order valence-electron chi connectivity index (χ1n) is 6.14. The van der Waals surface area contributed by atoms with Crippen molar-refractivity contribution in [2.45, 2.75) is 50.7 Å². The van der Waals surface area contributed by atoms with Crippen LogP contribution in [-0.4, -0.2) is 35.9 Å². The van der Waals surface area contributed by atoms with Crippen LogP contribution in [0.3, 0.4) is 0 Å². The van der Waals surface area contributed by atoms with Crippen molar-refractivity contribution in [2.75, 3.05) is 24.7 Å². The molecular formula is C12H22O2S. The Morgan fingerprint density at radius 1 is 0.933 bits per heavy atom. The van der Waals surface area contributed by atoms with Crippen molar-refractivity contribution in [1.29, 1.82) is 0 Å². The fourth-order valence-electron chi connectivity index (χ4n) is 3.02. The first kappa shape index (κ1) is 11.7. The largest absolute Gasteiger partial charge is 0.369 e. The van der Waals surface area contributed by atoms with E-state index in [-0.39, 0.29) is 11.2 Å². The van der Waals surface area contributed by atoms with Crippen molar-refractivity contribution < 1.29 is 9.47 Å². The van der Waals surface area contributed by atoms with Gasteiger partial charge in [0.1, 0.15) is 11.2 Å². The van der Waals surface area contributed by atoms with E-state index in [0.29, 0.717) is 0 Å². The van der Waals surface area contributed by atoms with Crippen LogP contribution in [0.15, 0.2) is 0 Å². The molecule has 0 aromatic heterocycles. The second kappa shape index (κ2) is 4.64. The van der Waals surface area contributed by atoms with Crippen LogP contribution in [-0.2, 0) is 9.47 Å². The van der Waals surface area contributed by atoms with Gasteiger partial charge >= 0.3 is 0 Å². The van der Waals surface area contributed by atoms with E-state index < -0.39 is 0 Å². The van der Waals surface area contributed by atoms with Crippen LogP contribution in [0.5, 0.6) is 0 Å². The summed E-state index contributed by atoms with van der Waals surface area (Å²) in [6, 6.07) is 0. The van der Waals surface area contributed by atoms with Gasteiger partial charge in [-0.3, -0.25) is 0 Å². The normalized spacial score (nSPS) is 40.4. The molecule has 0 N–H and O–H groups in total. The summed E-state index contributed by atoms with van der Waals surface area (Å²) < 4.78 is 12.3. The van der Waals surface area contributed by atoms with Crippen LogP contribution in [0.25, 0.3) is 0 Å². The Morgan fingerprint density at radius 2 is 1.40 bits per heavy atom. The number of rotatable bonds is 4. The fraction of sp³-hybridized carbons (Fsp3) is 1.00. The summed E-state index contributed by atoms with van der Waals surface area (Å²) in [7, 11) is 0. The summed E-state index contributed by atoms with van der Waals surface area (Å²) in [5.41, 5.74) is 0.0569. The van der Waals surface area contributed by atoms with Crippen LogP contribution < -0.4 is 0 Å². The molecule has 2 aliphatic rings. The molecule has 0 aromatic rings. The van der Waals surface area contributed by atoms with Gasteiger partial charge in [-0.1, -0.05) is 26.7 Å². The molecule has 2 nitrogen and oxygen atoms in total. The van der Waals surface area contributed by atoms with Gasteiger partial charge in [0.05, 0.1) is 13.2 Å². The first-order valence-corrected chi connectivity index (χ1v) is 7.30. The molecule has 2 saturated heterocycles. The average molecular weight is 230 g/mol. The van der Waals surface area contributed by atoms with Crippen molar-refractivity contribution in [2.24, 2.45) is 0 Å². The number of fused-ring (bicyclic) bond motifs is 1. The van der Waals surface area contributed by atoms with Gasteiger partial charge in [-0.2, -0.15) is 11.8 Å². The van der Waals surface area contributed by atoms with Gasteiger partial charge in [-0.25, -0.2) is 0 Å². The Labute approximate surface area is 97.1 Å². The van der Waals surface area contributed by atoms with Gasteiger partial charge in [0, 0.05) is 11.5 Å². The highest BCUT2D eigenvalue weighted by molar-refractivity contribution is 7.99. The van der Waals surface area contributed by atoms with Crippen LogP contribution in [0.4, 0.5) is 0 Å². The van der Waals surface area contributed by atoms with E-state index in [4.69, 9.17) is 9.47 Å². The Bertz CT molecular complexity index is 192. The maximum Gasteiger partial charge on any atom is 0.107 e. The molecule has 3 heteroatoms. The molecule has 2 atom stereocenters. The first-order chi connectivity index (χ1) is 7.29. The third kappa shape index (κ3) is 1.83. The minimum Gasteiger partial charge on any atom is -0.369 e. The molecule has 15 heavy (non-hydrogen) atoms. The van der Waals surface area contributed by atoms with Crippen LogP contribution in [0.1, 0.15) is 39.5 Å². The molecule has 88 valence electrons. The van der Waals surface area contributed by atoms with Crippen LogP contribution >= 0.6 is 11.8 Å². The molecule has 0 amide bonds. The Kier molecular flexibility index (Phi) is 3.63. The van der Waals surface area contributed by atoms with E-state index in [0.717, 1.165) is 37.6 Å². The summed E-state index contributed by atoms with van der Waals surface area (Å²) in [5, 5.41) is 0. The summed E-state index contributed by atoms with van der Waals surface area (Å²) in [5.74, 6) is 2.25. The van der Waals surface area contributed by atoms with E-state index in [1.54, 1.807) is 0 Å². The Hall–Kier alpha value is 0.270. The Morgan fingerprint density at radius 3 is 1.80 bits per heavy atom. The van der Waals surface area contributed by atoms with Gasteiger partial charge in [-0.15, -0.1) is 0 Å². The standard InChI is InChI=1S/C12H22O2S/c1-3-5-11-9-15-10-12(11,6-4-2)14-8-7-13-11/h3-10H2,1-2H3. The zero-order valence-electron chi connectivity index (χ0n) is 9.88. The van der Waals surface area contributed by atoms with E-state index in [2.05, 4.69) is 13.8 Å².